The monoisotopic (exact) mass is 207 g/mol. The van der Waals surface area contributed by atoms with E-state index in [2.05, 4.69) is 10.3 Å². The Morgan fingerprint density at radius 1 is 1.57 bits per heavy atom. The molecule has 2 heterocycles. The van der Waals surface area contributed by atoms with E-state index in [1.54, 1.807) is 0 Å². The van der Waals surface area contributed by atoms with Crippen LogP contribution in [0.4, 0.5) is 10.7 Å². The van der Waals surface area contributed by atoms with Crippen LogP contribution >= 0.6 is 11.3 Å². The van der Waals surface area contributed by atoms with Crippen molar-refractivity contribution in [3.63, 3.8) is 0 Å². The van der Waals surface area contributed by atoms with E-state index in [1.807, 2.05) is 19.1 Å². The largest absolute Gasteiger partial charge is 0.396 e. The maximum Gasteiger partial charge on any atom is 0.212 e. The van der Waals surface area contributed by atoms with Gasteiger partial charge in [0.25, 0.3) is 0 Å². The van der Waals surface area contributed by atoms with Gasteiger partial charge in [-0.05, 0) is 19.1 Å². The van der Waals surface area contributed by atoms with Gasteiger partial charge in [-0.3, -0.25) is 4.79 Å². The number of rotatable bonds is 2. The number of pyridine rings is 1. The van der Waals surface area contributed by atoms with E-state index in [1.165, 1.54) is 11.3 Å². The van der Waals surface area contributed by atoms with Crippen molar-refractivity contribution in [1.82, 2.24) is 4.98 Å². The van der Waals surface area contributed by atoms with Gasteiger partial charge in [0.15, 0.2) is 0 Å². The normalized spacial score (nSPS) is 10.4. The minimum Gasteiger partial charge on any atom is -0.396 e. The Hall–Kier alpha value is -1.62. The molecule has 0 saturated carbocycles. The molecule has 14 heavy (non-hydrogen) atoms. The average molecular weight is 207 g/mol. The van der Waals surface area contributed by atoms with Gasteiger partial charge in [-0.25, -0.2) is 4.98 Å². The van der Waals surface area contributed by atoms with Crippen LogP contribution in [0.25, 0.3) is 10.2 Å². The van der Waals surface area contributed by atoms with Gasteiger partial charge >= 0.3 is 0 Å². The average Bonchev–Trinajstić information content (AvgIpc) is 2.44. The van der Waals surface area contributed by atoms with E-state index < -0.39 is 0 Å². The number of thiophene rings is 1. The highest BCUT2D eigenvalue weighted by atomic mass is 32.1. The molecule has 1 amide bonds. The lowest BCUT2D eigenvalue weighted by Crippen LogP contribution is -1.94. The summed E-state index contributed by atoms with van der Waals surface area (Å²) in [6.45, 7) is 1.92. The van der Waals surface area contributed by atoms with Crippen LogP contribution in [-0.2, 0) is 4.79 Å². The number of aryl methyl sites for hydroxylation is 1. The van der Waals surface area contributed by atoms with Crippen molar-refractivity contribution in [3.8, 4) is 0 Å². The Balaban J connectivity index is 2.66. The first-order valence-electron chi connectivity index (χ1n) is 4.08. The van der Waals surface area contributed by atoms with Crippen LogP contribution in [0, 0.1) is 6.92 Å². The SMILES string of the molecule is Cc1ccc2c(N)c(NC=O)sc2n1. The third-order valence-electron chi connectivity index (χ3n) is 1.92. The van der Waals surface area contributed by atoms with Crippen LogP contribution < -0.4 is 11.1 Å². The summed E-state index contributed by atoms with van der Waals surface area (Å²) >= 11 is 1.38. The number of amides is 1. The molecule has 0 atom stereocenters. The number of nitrogens with one attached hydrogen (secondary N) is 1. The smallest absolute Gasteiger partial charge is 0.212 e. The van der Waals surface area contributed by atoms with E-state index in [-0.39, 0.29) is 0 Å². The van der Waals surface area contributed by atoms with Crippen molar-refractivity contribution < 1.29 is 4.79 Å². The van der Waals surface area contributed by atoms with E-state index in [0.717, 1.165) is 15.9 Å². The van der Waals surface area contributed by atoms with Gasteiger partial charge in [0.1, 0.15) is 9.83 Å². The van der Waals surface area contributed by atoms with Crippen LogP contribution in [0.1, 0.15) is 5.69 Å². The zero-order valence-electron chi connectivity index (χ0n) is 7.57. The summed E-state index contributed by atoms with van der Waals surface area (Å²) in [5, 5.41) is 4.11. The highest BCUT2D eigenvalue weighted by Gasteiger charge is 2.09. The lowest BCUT2D eigenvalue weighted by atomic mass is 10.3. The highest BCUT2D eigenvalue weighted by Crippen LogP contribution is 2.36. The van der Waals surface area contributed by atoms with Gasteiger partial charge in [0.2, 0.25) is 6.41 Å². The van der Waals surface area contributed by atoms with Gasteiger partial charge in [0.05, 0.1) is 5.69 Å². The van der Waals surface area contributed by atoms with Gasteiger partial charge in [-0.15, -0.1) is 0 Å². The van der Waals surface area contributed by atoms with Crippen molar-refractivity contribution in [2.45, 2.75) is 6.92 Å². The summed E-state index contributed by atoms with van der Waals surface area (Å²) in [5.74, 6) is 0. The zero-order valence-corrected chi connectivity index (χ0v) is 8.39. The molecule has 0 aliphatic rings. The van der Waals surface area contributed by atoms with Gasteiger partial charge in [-0.1, -0.05) is 11.3 Å². The number of nitrogens with zero attached hydrogens (tertiary/aromatic N) is 1. The molecule has 0 aromatic carbocycles. The van der Waals surface area contributed by atoms with Crippen LogP contribution in [0.3, 0.4) is 0 Å². The molecule has 0 radical (unpaired) electrons. The number of nitrogen functional groups attached to an aromatic ring is 1. The molecule has 2 rings (SSSR count). The quantitative estimate of drug-likeness (QED) is 0.737. The number of hydrogen-bond acceptors (Lipinski definition) is 4. The van der Waals surface area contributed by atoms with Gasteiger partial charge in [-0.2, -0.15) is 0 Å². The molecular weight excluding hydrogens is 198 g/mol. The molecule has 2 aromatic heterocycles. The molecule has 4 nitrogen and oxygen atoms in total. The van der Waals surface area contributed by atoms with Crippen molar-refractivity contribution in [2.75, 3.05) is 11.1 Å². The molecule has 3 N–H and O–H groups in total. The summed E-state index contributed by atoms with van der Waals surface area (Å²) in [4.78, 5) is 15.5. The summed E-state index contributed by atoms with van der Waals surface area (Å²) in [7, 11) is 0. The fraction of sp³-hybridized carbons (Fsp3) is 0.111. The fourth-order valence-electron chi connectivity index (χ4n) is 1.25. The molecule has 0 saturated heterocycles. The Bertz CT molecular complexity index is 492. The number of anilines is 2. The van der Waals surface area contributed by atoms with E-state index in [9.17, 15) is 4.79 Å². The minimum atomic E-state index is 0.588. The van der Waals surface area contributed by atoms with E-state index in [0.29, 0.717) is 17.1 Å². The van der Waals surface area contributed by atoms with Crippen molar-refractivity contribution >= 4 is 38.7 Å². The van der Waals surface area contributed by atoms with Gasteiger partial charge < -0.3 is 11.1 Å². The number of carbonyl (C=O) groups excluding carboxylic acids is 1. The molecule has 72 valence electrons. The number of fused-ring (bicyclic) bond motifs is 1. The predicted molar refractivity (Wildman–Crippen MR) is 58.5 cm³/mol. The van der Waals surface area contributed by atoms with Crippen LogP contribution in [-0.4, -0.2) is 11.4 Å². The van der Waals surface area contributed by atoms with Crippen LogP contribution in [0.5, 0.6) is 0 Å². The third kappa shape index (κ3) is 1.31. The molecule has 0 spiro atoms. The van der Waals surface area contributed by atoms with Gasteiger partial charge in [0, 0.05) is 11.1 Å². The number of hydrogen-bond donors (Lipinski definition) is 2. The number of aromatic nitrogens is 1. The molecule has 5 heteroatoms. The van der Waals surface area contributed by atoms with E-state index in [4.69, 9.17) is 5.73 Å². The standard InChI is InChI=1S/C9H9N3OS/c1-5-2-3-6-7(10)9(11-4-13)14-8(6)12-5/h2-4H,10H2,1H3,(H,11,13). The molecule has 0 bridgehead atoms. The summed E-state index contributed by atoms with van der Waals surface area (Å²) < 4.78 is 0. The maximum absolute atomic E-state index is 10.3. The zero-order chi connectivity index (χ0) is 10.1. The minimum absolute atomic E-state index is 0.588. The maximum atomic E-state index is 10.3. The molecule has 0 aliphatic heterocycles. The second kappa shape index (κ2) is 3.26. The molecular formula is C9H9N3OS. The first-order valence-corrected chi connectivity index (χ1v) is 4.90. The molecule has 0 fully saturated rings. The second-order valence-electron chi connectivity index (χ2n) is 2.91. The second-order valence-corrected chi connectivity index (χ2v) is 3.91. The van der Waals surface area contributed by atoms with E-state index >= 15 is 0 Å². The van der Waals surface area contributed by atoms with Crippen LogP contribution in [0.2, 0.25) is 0 Å². The Morgan fingerprint density at radius 2 is 2.36 bits per heavy atom. The Morgan fingerprint density at radius 3 is 3.07 bits per heavy atom. The fourth-order valence-corrected chi connectivity index (χ4v) is 2.25. The molecule has 0 unspecified atom stereocenters. The van der Waals surface area contributed by atoms with Crippen LogP contribution in [0.15, 0.2) is 12.1 Å². The summed E-state index contributed by atoms with van der Waals surface area (Å²) in [6, 6.07) is 3.82. The third-order valence-corrected chi connectivity index (χ3v) is 2.97. The van der Waals surface area contributed by atoms with Crippen molar-refractivity contribution in [1.29, 1.82) is 0 Å². The summed E-state index contributed by atoms with van der Waals surface area (Å²) in [5.41, 5.74) is 7.35. The lowest BCUT2D eigenvalue weighted by molar-refractivity contribution is -0.105. The Kier molecular flexibility index (Phi) is 2.09. The highest BCUT2D eigenvalue weighted by molar-refractivity contribution is 7.23. The molecule has 0 aliphatic carbocycles. The lowest BCUT2D eigenvalue weighted by Gasteiger charge is -1.94. The Labute approximate surface area is 84.8 Å². The summed E-state index contributed by atoms with van der Waals surface area (Å²) in [6.07, 6.45) is 0.619. The predicted octanol–water partition coefficient (Wildman–Crippen LogP) is 1.76. The number of nitrogens with two attached hydrogens (primary N) is 1. The number of carbonyl (C=O) groups is 1. The van der Waals surface area contributed by atoms with Crippen molar-refractivity contribution in [2.24, 2.45) is 0 Å². The van der Waals surface area contributed by atoms with Crippen molar-refractivity contribution in [3.05, 3.63) is 17.8 Å². The molecule has 2 aromatic rings. The first-order chi connectivity index (χ1) is 6.72. The first kappa shape index (κ1) is 8.96. The topological polar surface area (TPSA) is 68.0 Å².